The van der Waals surface area contributed by atoms with E-state index in [1.165, 1.54) is 12.1 Å². The molecule has 1 nitrogen and oxygen atoms in total. The molecule has 0 heterocycles. The van der Waals surface area contributed by atoms with Crippen molar-refractivity contribution in [3.05, 3.63) is 27.3 Å². The zero-order chi connectivity index (χ0) is 13.2. The molecule has 1 aromatic rings. The molecule has 0 saturated heterocycles. The number of hydrogen-bond donors (Lipinski definition) is 0. The second kappa shape index (κ2) is 5.92. The number of thioether (sulfide) groups is 1. The van der Waals surface area contributed by atoms with Crippen molar-refractivity contribution in [3.8, 4) is 0 Å². The smallest absolute Gasteiger partial charge is 0.293 e. The summed E-state index contributed by atoms with van der Waals surface area (Å²) in [5.74, 6) is -0.352. The van der Waals surface area contributed by atoms with Gasteiger partial charge >= 0.3 is 5.51 Å². The van der Waals surface area contributed by atoms with Gasteiger partial charge in [-0.25, -0.2) is 0 Å². The number of Topliss-reactive ketones (excluding diaryl/α,β-unsaturated/α-hetero) is 1. The lowest BCUT2D eigenvalue weighted by Crippen LogP contribution is -2.12. The number of carbonyl (C=O) groups is 1. The number of carbonyl (C=O) groups excluding carboxylic acids is 1. The third-order valence-electron chi connectivity index (χ3n) is 1.79. The molecule has 1 atom stereocenters. The third kappa shape index (κ3) is 4.78. The molecule has 1 aromatic carbocycles. The van der Waals surface area contributed by atoms with Crippen LogP contribution in [0, 0.1) is 3.57 Å². The van der Waals surface area contributed by atoms with Crippen LogP contribution in [0.5, 0.6) is 0 Å². The molecule has 7 heteroatoms. The van der Waals surface area contributed by atoms with Crippen LogP contribution in [0.4, 0.5) is 13.2 Å². The molecule has 1 rings (SSSR count). The van der Waals surface area contributed by atoms with Crippen LogP contribution in [0.2, 0.25) is 0 Å². The van der Waals surface area contributed by atoms with Crippen LogP contribution in [0.1, 0.15) is 17.3 Å². The predicted molar refractivity (Wildman–Crippen MR) is 73.8 cm³/mol. The number of ketones is 1. The van der Waals surface area contributed by atoms with Gasteiger partial charge in [0.05, 0.1) is 4.83 Å². The van der Waals surface area contributed by atoms with Gasteiger partial charge in [0.1, 0.15) is 0 Å². The van der Waals surface area contributed by atoms with Crippen molar-refractivity contribution in [3.63, 3.8) is 0 Å². The number of alkyl halides is 4. The molecular weight excluding hydrogens is 432 g/mol. The molecule has 94 valence electrons. The summed E-state index contributed by atoms with van der Waals surface area (Å²) in [5.41, 5.74) is -4.29. The standard InChI is InChI=1S/C10H7BrF3IOS/c1-5(11)9(16)7-4-6(15)2-3-8(7)17-10(12,13)14/h2-5H,1H3. The Bertz CT molecular complexity index is 434. The summed E-state index contributed by atoms with van der Waals surface area (Å²) in [4.78, 5) is 11.2. The highest BCUT2D eigenvalue weighted by molar-refractivity contribution is 14.1. The fourth-order valence-corrected chi connectivity index (χ4v) is 2.52. The summed E-state index contributed by atoms with van der Waals surface area (Å²) in [6.45, 7) is 1.59. The zero-order valence-electron chi connectivity index (χ0n) is 8.52. The van der Waals surface area contributed by atoms with Gasteiger partial charge in [0.2, 0.25) is 0 Å². The average molecular weight is 439 g/mol. The predicted octanol–water partition coefficient (Wildman–Crippen LogP) is 4.87. The second-order valence-electron chi connectivity index (χ2n) is 3.17. The van der Waals surface area contributed by atoms with E-state index in [1.54, 1.807) is 13.0 Å². The molecule has 0 aliphatic heterocycles. The van der Waals surface area contributed by atoms with Crippen molar-refractivity contribution in [1.82, 2.24) is 0 Å². The van der Waals surface area contributed by atoms with Gasteiger partial charge < -0.3 is 0 Å². The molecule has 0 amide bonds. The lowest BCUT2D eigenvalue weighted by molar-refractivity contribution is -0.0328. The van der Waals surface area contributed by atoms with Crippen LogP contribution in [-0.2, 0) is 0 Å². The minimum absolute atomic E-state index is 0.0609. The molecule has 0 bridgehead atoms. The van der Waals surface area contributed by atoms with Gasteiger partial charge in [0, 0.05) is 14.0 Å². The van der Waals surface area contributed by atoms with Crippen LogP contribution in [0.15, 0.2) is 23.1 Å². The van der Waals surface area contributed by atoms with E-state index in [0.29, 0.717) is 0 Å². The second-order valence-corrected chi connectivity index (χ2v) is 6.89. The quantitative estimate of drug-likeness (QED) is 0.290. The topological polar surface area (TPSA) is 17.1 Å². The molecule has 0 radical (unpaired) electrons. The first-order valence-electron chi connectivity index (χ1n) is 4.44. The van der Waals surface area contributed by atoms with E-state index >= 15 is 0 Å². The first-order chi connectivity index (χ1) is 7.70. The van der Waals surface area contributed by atoms with Crippen LogP contribution in [0.3, 0.4) is 0 Å². The maximum atomic E-state index is 12.3. The van der Waals surface area contributed by atoms with Crippen LogP contribution < -0.4 is 0 Å². The third-order valence-corrected chi connectivity index (χ3v) is 3.69. The van der Waals surface area contributed by atoms with Crippen molar-refractivity contribution < 1.29 is 18.0 Å². The Kier molecular flexibility index (Phi) is 5.33. The highest BCUT2D eigenvalue weighted by Crippen LogP contribution is 2.39. The minimum atomic E-state index is -4.39. The number of benzene rings is 1. The van der Waals surface area contributed by atoms with Gasteiger partial charge in [-0.3, -0.25) is 4.79 Å². The average Bonchev–Trinajstić information content (AvgIpc) is 2.17. The maximum Gasteiger partial charge on any atom is 0.446 e. The molecule has 1 unspecified atom stereocenters. The monoisotopic (exact) mass is 438 g/mol. The van der Waals surface area contributed by atoms with Gasteiger partial charge in [-0.2, -0.15) is 13.2 Å². The Balaban J connectivity index is 3.17. The summed E-state index contributed by atoms with van der Waals surface area (Å²) in [7, 11) is 0. The van der Waals surface area contributed by atoms with E-state index in [2.05, 4.69) is 15.9 Å². The highest BCUT2D eigenvalue weighted by atomic mass is 127. The maximum absolute atomic E-state index is 12.3. The Morgan fingerprint density at radius 1 is 1.47 bits per heavy atom. The molecule has 0 N–H and O–H groups in total. The molecular formula is C10H7BrF3IOS. The SMILES string of the molecule is CC(Br)C(=O)c1cc(I)ccc1SC(F)(F)F. The van der Waals surface area contributed by atoms with E-state index in [1.807, 2.05) is 22.6 Å². The summed E-state index contributed by atoms with van der Waals surface area (Å²) >= 11 is 4.77. The number of hydrogen-bond acceptors (Lipinski definition) is 2. The van der Waals surface area contributed by atoms with Crippen molar-refractivity contribution in [2.75, 3.05) is 0 Å². The van der Waals surface area contributed by atoms with Crippen molar-refractivity contribution in [1.29, 1.82) is 0 Å². The van der Waals surface area contributed by atoms with Gasteiger partial charge in [-0.15, -0.1) is 0 Å². The Morgan fingerprint density at radius 3 is 2.53 bits per heavy atom. The Morgan fingerprint density at radius 2 is 2.06 bits per heavy atom. The molecule has 0 saturated carbocycles. The highest BCUT2D eigenvalue weighted by Gasteiger charge is 2.31. The molecule has 0 fully saturated rings. The number of rotatable bonds is 3. The van der Waals surface area contributed by atoms with Crippen LogP contribution >= 0.6 is 50.3 Å². The van der Waals surface area contributed by atoms with E-state index in [0.717, 1.165) is 3.57 Å². The van der Waals surface area contributed by atoms with Crippen molar-refractivity contribution in [2.45, 2.75) is 22.2 Å². The summed E-state index contributed by atoms with van der Waals surface area (Å²) in [6.07, 6.45) is 0. The first kappa shape index (κ1) is 15.3. The lowest BCUT2D eigenvalue weighted by Gasteiger charge is -2.11. The first-order valence-corrected chi connectivity index (χ1v) is 7.25. The fourth-order valence-electron chi connectivity index (χ4n) is 1.12. The van der Waals surface area contributed by atoms with Gasteiger partial charge in [0.15, 0.2) is 5.78 Å². The largest absolute Gasteiger partial charge is 0.446 e. The van der Waals surface area contributed by atoms with E-state index in [9.17, 15) is 18.0 Å². The van der Waals surface area contributed by atoms with Crippen LogP contribution in [-0.4, -0.2) is 16.1 Å². The van der Waals surface area contributed by atoms with E-state index < -0.39 is 10.3 Å². The van der Waals surface area contributed by atoms with E-state index in [-0.39, 0.29) is 28.0 Å². The number of halogens is 5. The van der Waals surface area contributed by atoms with Crippen molar-refractivity contribution in [2.24, 2.45) is 0 Å². The van der Waals surface area contributed by atoms with Gasteiger partial charge in [-0.05, 0) is 59.5 Å². The lowest BCUT2D eigenvalue weighted by atomic mass is 10.1. The molecule has 0 aliphatic rings. The fraction of sp³-hybridized carbons (Fsp3) is 0.300. The van der Waals surface area contributed by atoms with Crippen LogP contribution in [0.25, 0.3) is 0 Å². The molecule has 0 aliphatic carbocycles. The van der Waals surface area contributed by atoms with Crippen molar-refractivity contribution >= 4 is 56.1 Å². The zero-order valence-corrected chi connectivity index (χ0v) is 13.1. The minimum Gasteiger partial charge on any atom is -0.293 e. The normalized spacial score (nSPS) is 13.5. The van der Waals surface area contributed by atoms with E-state index in [4.69, 9.17) is 0 Å². The van der Waals surface area contributed by atoms with Gasteiger partial charge in [0.25, 0.3) is 0 Å². The summed E-state index contributed by atoms with van der Waals surface area (Å²) in [6, 6.07) is 4.33. The molecule has 17 heavy (non-hydrogen) atoms. The Labute approximate surface area is 123 Å². The summed E-state index contributed by atoms with van der Waals surface area (Å²) in [5, 5.41) is 0. The Hall–Kier alpha value is 0.240. The molecule has 0 aromatic heterocycles. The summed E-state index contributed by atoms with van der Waals surface area (Å²) < 4.78 is 37.7. The van der Waals surface area contributed by atoms with Gasteiger partial charge in [-0.1, -0.05) is 15.9 Å². The molecule has 0 spiro atoms.